The van der Waals surface area contributed by atoms with Crippen LogP contribution < -0.4 is 4.74 Å². The van der Waals surface area contributed by atoms with E-state index < -0.39 is 5.82 Å². The molecule has 0 fully saturated rings. The highest BCUT2D eigenvalue weighted by Crippen LogP contribution is 2.18. The Morgan fingerprint density at radius 2 is 1.76 bits per heavy atom. The molecule has 2 aromatic rings. The summed E-state index contributed by atoms with van der Waals surface area (Å²) >= 11 is 0. The number of hydrogen-bond donors (Lipinski definition) is 0. The number of halogens is 1. The summed E-state index contributed by atoms with van der Waals surface area (Å²) in [5, 5.41) is 0. The zero-order valence-electron chi connectivity index (χ0n) is 12.4. The smallest absolute Gasteiger partial charge is 0.165 e. The molecule has 0 aliphatic carbocycles. The van der Waals surface area contributed by atoms with Crippen LogP contribution in [0.15, 0.2) is 42.5 Å². The third kappa shape index (κ3) is 4.42. The van der Waals surface area contributed by atoms with Gasteiger partial charge in [-0.3, -0.25) is 4.79 Å². The van der Waals surface area contributed by atoms with Crippen molar-refractivity contribution in [3.8, 4) is 5.75 Å². The maximum atomic E-state index is 13.6. The Balaban J connectivity index is 1.89. The number of carbonyl (C=O) groups is 1. The molecule has 0 saturated carbocycles. The van der Waals surface area contributed by atoms with Gasteiger partial charge in [-0.15, -0.1) is 0 Å². The van der Waals surface area contributed by atoms with Crippen LogP contribution in [0.2, 0.25) is 0 Å². The lowest BCUT2D eigenvalue weighted by Crippen LogP contribution is -2.05. The Kier molecular flexibility index (Phi) is 5.09. The molecular weight excluding hydrogens is 267 g/mol. The molecule has 0 heterocycles. The second-order valence-electron chi connectivity index (χ2n) is 5.17. The van der Waals surface area contributed by atoms with E-state index in [0.717, 1.165) is 12.0 Å². The van der Waals surface area contributed by atoms with E-state index in [4.69, 9.17) is 4.74 Å². The van der Waals surface area contributed by atoms with E-state index in [1.807, 2.05) is 31.2 Å². The number of ether oxygens (including phenoxy) is 1. The molecule has 0 spiro atoms. The number of aryl methyl sites for hydroxylation is 2. The zero-order chi connectivity index (χ0) is 15.2. The van der Waals surface area contributed by atoms with Crippen LogP contribution in [0.5, 0.6) is 5.75 Å². The van der Waals surface area contributed by atoms with Crippen molar-refractivity contribution < 1.29 is 13.9 Å². The van der Waals surface area contributed by atoms with Crippen molar-refractivity contribution in [2.45, 2.75) is 26.2 Å². The molecule has 2 aromatic carbocycles. The van der Waals surface area contributed by atoms with Crippen LogP contribution in [0.1, 0.15) is 23.1 Å². The van der Waals surface area contributed by atoms with E-state index in [0.29, 0.717) is 12.0 Å². The summed E-state index contributed by atoms with van der Waals surface area (Å²) in [7, 11) is 1.42. The van der Waals surface area contributed by atoms with E-state index in [2.05, 4.69) is 0 Å². The lowest BCUT2D eigenvalue weighted by Gasteiger charge is -2.05. The Morgan fingerprint density at radius 1 is 1.10 bits per heavy atom. The van der Waals surface area contributed by atoms with Crippen molar-refractivity contribution >= 4 is 5.78 Å². The average molecular weight is 286 g/mol. The van der Waals surface area contributed by atoms with Gasteiger partial charge in [0.1, 0.15) is 5.78 Å². The summed E-state index contributed by atoms with van der Waals surface area (Å²) in [4.78, 5) is 12.0. The molecule has 0 unspecified atom stereocenters. The quantitative estimate of drug-likeness (QED) is 0.805. The first kappa shape index (κ1) is 15.2. The summed E-state index contributed by atoms with van der Waals surface area (Å²) in [5.41, 5.74) is 3.04. The number of hydrogen-bond acceptors (Lipinski definition) is 2. The Hall–Kier alpha value is -2.16. The zero-order valence-corrected chi connectivity index (χ0v) is 12.4. The van der Waals surface area contributed by atoms with Gasteiger partial charge in [0.25, 0.3) is 0 Å². The monoisotopic (exact) mass is 286 g/mol. The van der Waals surface area contributed by atoms with Crippen molar-refractivity contribution in [2.75, 3.05) is 7.11 Å². The molecule has 0 aromatic heterocycles. The molecule has 2 rings (SSSR count). The van der Waals surface area contributed by atoms with E-state index >= 15 is 0 Å². The lowest BCUT2D eigenvalue weighted by atomic mass is 10.0. The minimum absolute atomic E-state index is 0.111. The van der Waals surface area contributed by atoms with Crippen LogP contribution in [0.3, 0.4) is 0 Å². The standard InChI is InChI=1S/C18H19FO2/c1-13-3-5-14(6-4-13)7-9-16(20)11-15-8-10-18(21-2)17(19)12-15/h3-6,8,10,12H,7,9,11H2,1-2H3. The fourth-order valence-corrected chi connectivity index (χ4v) is 2.17. The van der Waals surface area contributed by atoms with Gasteiger partial charge in [-0.25, -0.2) is 4.39 Å². The van der Waals surface area contributed by atoms with Gasteiger partial charge >= 0.3 is 0 Å². The van der Waals surface area contributed by atoms with Crippen LogP contribution in [-0.2, 0) is 17.6 Å². The largest absolute Gasteiger partial charge is 0.494 e. The number of benzene rings is 2. The van der Waals surface area contributed by atoms with E-state index in [9.17, 15) is 9.18 Å². The molecule has 2 nitrogen and oxygen atoms in total. The molecule has 0 N–H and O–H groups in total. The van der Waals surface area contributed by atoms with Gasteiger partial charge in [-0.2, -0.15) is 0 Å². The van der Waals surface area contributed by atoms with Crippen LogP contribution in [0.4, 0.5) is 4.39 Å². The number of carbonyl (C=O) groups excluding carboxylic acids is 1. The Morgan fingerprint density at radius 3 is 2.38 bits per heavy atom. The summed E-state index contributed by atoms with van der Waals surface area (Å²) in [5.74, 6) is -0.118. The number of ketones is 1. The SMILES string of the molecule is COc1ccc(CC(=O)CCc2ccc(C)cc2)cc1F. The van der Waals surface area contributed by atoms with Crippen LogP contribution >= 0.6 is 0 Å². The molecule has 0 saturated heterocycles. The van der Waals surface area contributed by atoms with Crippen molar-refractivity contribution in [1.29, 1.82) is 0 Å². The second-order valence-corrected chi connectivity index (χ2v) is 5.17. The topological polar surface area (TPSA) is 26.3 Å². The van der Waals surface area contributed by atoms with Crippen LogP contribution in [-0.4, -0.2) is 12.9 Å². The van der Waals surface area contributed by atoms with Crippen LogP contribution in [0.25, 0.3) is 0 Å². The predicted molar refractivity (Wildman–Crippen MR) is 81.2 cm³/mol. The summed E-state index contributed by atoms with van der Waals surface area (Å²) in [6.07, 6.45) is 1.45. The fraction of sp³-hybridized carbons (Fsp3) is 0.278. The minimum atomic E-state index is -0.429. The van der Waals surface area contributed by atoms with Crippen molar-refractivity contribution in [2.24, 2.45) is 0 Å². The first-order chi connectivity index (χ1) is 10.1. The Bertz CT molecular complexity index is 618. The molecular formula is C18H19FO2. The molecule has 21 heavy (non-hydrogen) atoms. The van der Waals surface area contributed by atoms with Gasteiger partial charge in [0.15, 0.2) is 11.6 Å². The third-order valence-electron chi connectivity index (χ3n) is 3.43. The highest BCUT2D eigenvalue weighted by molar-refractivity contribution is 5.81. The van der Waals surface area contributed by atoms with Gasteiger partial charge in [-0.05, 0) is 36.6 Å². The van der Waals surface area contributed by atoms with Gasteiger partial charge in [-0.1, -0.05) is 35.9 Å². The number of Topliss-reactive ketones (excluding diaryl/α,β-unsaturated/α-hetero) is 1. The van der Waals surface area contributed by atoms with Gasteiger partial charge in [0, 0.05) is 12.8 Å². The Labute approximate surface area is 124 Å². The molecule has 0 radical (unpaired) electrons. The summed E-state index contributed by atoms with van der Waals surface area (Å²) < 4.78 is 18.4. The second kappa shape index (κ2) is 7.02. The minimum Gasteiger partial charge on any atom is -0.494 e. The lowest BCUT2D eigenvalue weighted by molar-refractivity contribution is -0.118. The molecule has 0 amide bonds. The molecule has 0 atom stereocenters. The summed E-state index contributed by atoms with van der Waals surface area (Å²) in [6.45, 7) is 2.03. The molecule has 110 valence electrons. The maximum absolute atomic E-state index is 13.6. The predicted octanol–water partition coefficient (Wildman–Crippen LogP) is 3.89. The maximum Gasteiger partial charge on any atom is 0.165 e. The van der Waals surface area contributed by atoms with Crippen molar-refractivity contribution in [1.82, 2.24) is 0 Å². The molecule has 0 bridgehead atoms. The van der Waals surface area contributed by atoms with E-state index in [1.54, 1.807) is 12.1 Å². The first-order valence-corrected chi connectivity index (χ1v) is 6.98. The normalized spacial score (nSPS) is 10.4. The fourth-order valence-electron chi connectivity index (χ4n) is 2.17. The summed E-state index contributed by atoms with van der Waals surface area (Å²) in [6, 6.07) is 12.8. The number of rotatable bonds is 6. The van der Waals surface area contributed by atoms with Gasteiger partial charge in [0.05, 0.1) is 7.11 Å². The first-order valence-electron chi connectivity index (χ1n) is 6.98. The van der Waals surface area contributed by atoms with E-state index in [-0.39, 0.29) is 18.0 Å². The molecule has 0 aliphatic heterocycles. The van der Waals surface area contributed by atoms with Gasteiger partial charge in [0.2, 0.25) is 0 Å². The van der Waals surface area contributed by atoms with Gasteiger partial charge < -0.3 is 4.74 Å². The van der Waals surface area contributed by atoms with Crippen molar-refractivity contribution in [3.63, 3.8) is 0 Å². The molecule has 3 heteroatoms. The highest BCUT2D eigenvalue weighted by atomic mass is 19.1. The molecule has 0 aliphatic rings. The number of methoxy groups -OCH3 is 1. The third-order valence-corrected chi connectivity index (χ3v) is 3.43. The van der Waals surface area contributed by atoms with Crippen LogP contribution in [0, 0.1) is 12.7 Å². The highest BCUT2D eigenvalue weighted by Gasteiger charge is 2.08. The van der Waals surface area contributed by atoms with E-state index in [1.165, 1.54) is 18.7 Å². The average Bonchev–Trinajstić information content (AvgIpc) is 2.47. The van der Waals surface area contributed by atoms with Crippen molar-refractivity contribution in [3.05, 3.63) is 65.0 Å².